The Labute approximate surface area is 273 Å². The zero-order valence-electron chi connectivity index (χ0n) is 28.4. The summed E-state index contributed by atoms with van der Waals surface area (Å²) < 4.78 is 0. The summed E-state index contributed by atoms with van der Waals surface area (Å²) in [5.41, 5.74) is 8.07. The minimum atomic E-state index is -0.824. The number of carboxylic acids is 1. The van der Waals surface area contributed by atoms with Crippen molar-refractivity contribution in [2.45, 2.75) is 92.2 Å². The van der Waals surface area contributed by atoms with E-state index >= 15 is 0 Å². The number of fused-ring (bicyclic) bond motifs is 1. The van der Waals surface area contributed by atoms with Gasteiger partial charge >= 0.3 is 5.97 Å². The minimum Gasteiger partial charge on any atom is -0.481 e. The van der Waals surface area contributed by atoms with Gasteiger partial charge in [0.15, 0.2) is 0 Å². The van der Waals surface area contributed by atoms with Gasteiger partial charge in [-0.05, 0) is 93.9 Å². The number of aliphatic hydroxyl groups is 1. The van der Waals surface area contributed by atoms with E-state index in [2.05, 4.69) is 58.7 Å². The van der Waals surface area contributed by atoms with Crippen molar-refractivity contribution in [3.05, 3.63) is 58.5 Å². The van der Waals surface area contributed by atoms with E-state index in [9.17, 15) is 15.0 Å². The molecule has 0 saturated carbocycles. The average Bonchev–Trinajstić information content (AvgIpc) is 3.01. The quantitative estimate of drug-likeness (QED) is 0.329. The Hall–Kier alpha value is -3.72. The molecule has 2 N–H and O–H groups in total. The number of aliphatic carboxylic acids is 1. The van der Waals surface area contributed by atoms with E-state index in [1.54, 1.807) is 0 Å². The van der Waals surface area contributed by atoms with Gasteiger partial charge in [-0.2, -0.15) is 4.98 Å². The van der Waals surface area contributed by atoms with Gasteiger partial charge in [0.1, 0.15) is 5.82 Å². The Bertz CT molecular complexity index is 1600. The highest BCUT2D eigenvalue weighted by molar-refractivity contribution is 5.86. The summed E-state index contributed by atoms with van der Waals surface area (Å²) in [7, 11) is 0. The van der Waals surface area contributed by atoms with E-state index in [0.717, 1.165) is 117 Å². The Morgan fingerprint density at radius 1 is 0.935 bits per heavy atom. The third-order valence-corrected chi connectivity index (χ3v) is 10.7. The molecule has 0 aliphatic carbocycles. The monoisotopic (exact) mass is 626 g/mol. The summed E-state index contributed by atoms with van der Waals surface area (Å²) in [6, 6.07) is 8.75. The Kier molecular flexibility index (Phi) is 8.74. The lowest BCUT2D eigenvalue weighted by atomic mass is 9.82. The lowest BCUT2D eigenvalue weighted by molar-refractivity contribution is -0.136. The smallest absolute Gasteiger partial charge is 0.307 e. The van der Waals surface area contributed by atoms with Crippen LogP contribution >= 0.6 is 0 Å². The number of nitrogens with zero attached hydrogens (tertiary/aromatic N) is 6. The fourth-order valence-corrected chi connectivity index (χ4v) is 7.62. The van der Waals surface area contributed by atoms with Gasteiger partial charge in [0.2, 0.25) is 5.95 Å². The molecule has 246 valence electrons. The molecule has 3 aliphatic heterocycles. The van der Waals surface area contributed by atoms with Crippen molar-refractivity contribution in [3.8, 4) is 11.1 Å². The molecule has 2 fully saturated rings. The molecular formula is C37H50N6O3. The van der Waals surface area contributed by atoms with Crippen LogP contribution in [0.15, 0.2) is 30.5 Å². The molecule has 6 rings (SSSR count). The maximum absolute atomic E-state index is 12.0. The minimum absolute atomic E-state index is 0.0282. The first-order valence-electron chi connectivity index (χ1n) is 16.9. The standard InChI is InChI=1S/C37H50N6O3/c1-24-30(22-32(44)45)34(41-19-13-36(3,4)14-20-41)33(25(2)39-24)27-7-8-28-23-43(16-10-26(28)21-27)31-9-15-38-35(40-31)42-17-11-29(12-18-42)37(5,6)46/h7-9,15,21,29,46H,10-14,16-20,22-23H2,1-6H3,(H,44,45). The Balaban J connectivity index is 1.26. The second-order valence-corrected chi connectivity index (χ2v) is 15.0. The van der Waals surface area contributed by atoms with Crippen molar-refractivity contribution in [2.75, 3.05) is 47.4 Å². The highest BCUT2D eigenvalue weighted by Crippen LogP contribution is 2.42. The van der Waals surface area contributed by atoms with Crippen molar-refractivity contribution < 1.29 is 15.0 Å². The van der Waals surface area contributed by atoms with E-state index in [4.69, 9.17) is 9.97 Å². The van der Waals surface area contributed by atoms with Crippen LogP contribution in [-0.4, -0.2) is 69.5 Å². The first-order chi connectivity index (χ1) is 21.8. The van der Waals surface area contributed by atoms with Crippen molar-refractivity contribution >= 4 is 23.4 Å². The van der Waals surface area contributed by atoms with Crippen molar-refractivity contribution in [1.29, 1.82) is 0 Å². The van der Waals surface area contributed by atoms with Crippen LogP contribution < -0.4 is 14.7 Å². The van der Waals surface area contributed by atoms with Gasteiger partial charge in [-0.3, -0.25) is 9.78 Å². The van der Waals surface area contributed by atoms with E-state index in [0.29, 0.717) is 5.92 Å². The second kappa shape index (κ2) is 12.5. The highest BCUT2D eigenvalue weighted by Gasteiger charge is 2.33. The molecule has 0 radical (unpaired) electrons. The maximum Gasteiger partial charge on any atom is 0.307 e. The number of rotatable bonds is 7. The molecule has 5 heterocycles. The molecule has 1 aromatic carbocycles. The number of aryl methyl sites for hydroxylation is 2. The molecule has 0 amide bonds. The molecule has 2 aromatic heterocycles. The lowest BCUT2D eigenvalue weighted by Crippen LogP contribution is -2.42. The first-order valence-corrected chi connectivity index (χ1v) is 16.9. The fourth-order valence-electron chi connectivity index (χ4n) is 7.62. The summed E-state index contributed by atoms with van der Waals surface area (Å²) in [5, 5.41) is 20.3. The van der Waals surface area contributed by atoms with Gasteiger partial charge < -0.3 is 24.9 Å². The van der Waals surface area contributed by atoms with Crippen LogP contribution in [0.4, 0.5) is 17.5 Å². The highest BCUT2D eigenvalue weighted by atomic mass is 16.4. The molecule has 0 unspecified atom stereocenters. The summed E-state index contributed by atoms with van der Waals surface area (Å²) >= 11 is 0. The zero-order valence-corrected chi connectivity index (χ0v) is 28.4. The van der Waals surface area contributed by atoms with Crippen molar-refractivity contribution in [3.63, 3.8) is 0 Å². The summed E-state index contributed by atoms with van der Waals surface area (Å²) in [6.07, 6.45) is 6.74. The topological polar surface area (TPSA) is 106 Å². The molecule has 0 spiro atoms. The predicted octanol–water partition coefficient (Wildman–Crippen LogP) is 5.96. The lowest BCUT2D eigenvalue weighted by Gasteiger charge is -2.40. The van der Waals surface area contributed by atoms with Crippen LogP contribution in [-0.2, 0) is 24.2 Å². The fraction of sp³-hybridized carbons (Fsp3) is 0.568. The molecular weight excluding hydrogens is 576 g/mol. The third-order valence-electron chi connectivity index (χ3n) is 10.7. The molecule has 9 heteroatoms. The summed E-state index contributed by atoms with van der Waals surface area (Å²) in [4.78, 5) is 33.5. The predicted molar refractivity (Wildman–Crippen MR) is 184 cm³/mol. The third kappa shape index (κ3) is 6.70. The number of hydrogen-bond donors (Lipinski definition) is 2. The molecule has 3 aliphatic rings. The largest absolute Gasteiger partial charge is 0.481 e. The van der Waals surface area contributed by atoms with Crippen LogP contribution in [0.1, 0.15) is 81.5 Å². The van der Waals surface area contributed by atoms with E-state index in [1.807, 2.05) is 33.0 Å². The number of carboxylic acid groups (broad SMARTS) is 1. The number of pyridine rings is 1. The Morgan fingerprint density at radius 2 is 1.65 bits per heavy atom. The second-order valence-electron chi connectivity index (χ2n) is 15.0. The van der Waals surface area contributed by atoms with E-state index < -0.39 is 11.6 Å². The summed E-state index contributed by atoms with van der Waals surface area (Å²) in [6.45, 7) is 17.6. The first kappa shape index (κ1) is 32.2. The van der Waals surface area contributed by atoms with Crippen molar-refractivity contribution in [2.24, 2.45) is 11.3 Å². The van der Waals surface area contributed by atoms with Crippen LogP contribution in [0.5, 0.6) is 0 Å². The SMILES string of the molecule is Cc1nc(C)c(-c2ccc3c(c2)CCN(c2ccnc(N4CCC(C(C)(C)O)CC4)n2)C3)c(N2CCC(C)(C)CC2)c1CC(=O)O. The van der Waals surface area contributed by atoms with Gasteiger partial charge in [-0.15, -0.1) is 0 Å². The number of aromatic nitrogens is 3. The summed E-state index contributed by atoms with van der Waals surface area (Å²) in [5.74, 6) is 1.18. The Morgan fingerprint density at radius 3 is 2.33 bits per heavy atom. The van der Waals surface area contributed by atoms with E-state index in [-0.39, 0.29) is 11.8 Å². The van der Waals surface area contributed by atoms with Crippen LogP contribution in [0.3, 0.4) is 0 Å². The number of hydrogen-bond acceptors (Lipinski definition) is 8. The number of piperidine rings is 2. The number of benzene rings is 1. The van der Waals surface area contributed by atoms with Gasteiger partial charge in [0, 0.05) is 68.0 Å². The molecule has 46 heavy (non-hydrogen) atoms. The molecule has 0 atom stereocenters. The van der Waals surface area contributed by atoms with Gasteiger partial charge in [0.05, 0.1) is 17.7 Å². The van der Waals surface area contributed by atoms with Crippen molar-refractivity contribution in [1.82, 2.24) is 15.0 Å². The zero-order chi connectivity index (χ0) is 32.8. The number of anilines is 3. The van der Waals surface area contributed by atoms with Gasteiger partial charge in [0.25, 0.3) is 0 Å². The molecule has 9 nitrogen and oxygen atoms in total. The van der Waals surface area contributed by atoms with Crippen LogP contribution in [0.2, 0.25) is 0 Å². The van der Waals surface area contributed by atoms with Gasteiger partial charge in [-0.1, -0.05) is 32.0 Å². The molecule has 3 aromatic rings. The van der Waals surface area contributed by atoms with E-state index in [1.165, 1.54) is 11.1 Å². The number of carbonyl (C=O) groups is 1. The van der Waals surface area contributed by atoms with Crippen LogP contribution in [0, 0.1) is 25.2 Å². The maximum atomic E-state index is 12.0. The average molecular weight is 627 g/mol. The normalized spacial score (nSPS) is 18.9. The molecule has 0 bridgehead atoms. The molecule has 2 saturated heterocycles. The van der Waals surface area contributed by atoms with Crippen LogP contribution in [0.25, 0.3) is 11.1 Å². The van der Waals surface area contributed by atoms with Gasteiger partial charge in [-0.25, -0.2) is 4.98 Å².